The molecule has 1 fully saturated rings. The van der Waals surface area contributed by atoms with Crippen LogP contribution in [0.2, 0.25) is 5.02 Å². The highest BCUT2D eigenvalue weighted by atomic mass is 35.5. The number of ether oxygens (including phenoxy) is 2. The molecule has 0 radical (unpaired) electrons. The summed E-state index contributed by atoms with van der Waals surface area (Å²) in [7, 11) is -0.0899. The number of halogens is 1. The number of allylic oxidation sites excluding steroid dienone is 1. The first-order valence-electron chi connectivity index (χ1n) is 17.1. The van der Waals surface area contributed by atoms with Crippen LogP contribution in [0.5, 0.6) is 5.75 Å². The number of carbonyl (C=O) groups excluding carboxylic acids is 2. The lowest BCUT2D eigenvalue weighted by atomic mass is 9.69. The van der Waals surface area contributed by atoms with Crippen LogP contribution >= 0.6 is 24.2 Å². The molecule has 1 N–H and O–H groups in total. The first-order valence-corrected chi connectivity index (χ1v) is 19.8. The molecule has 13 heteroatoms. The number of anilines is 1. The van der Waals surface area contributed by atoms with E-state index in [1.54, 1.807) is 32.4 Å². The van der Waals surface area contributed by atoms with Crippen molar-refractivity contribution in [1.82, 2.24) is 14.5 Å². The van der Waals surface area contributed by atoms with Crippen molar-refractivity contribution in [3.8, 4) is 5.75 Å². The number of hydrogen-bond acceptors (Lipinski definition) is 8. The van der Waals surface area contributed by atoms with Gasteiger partial charge in [0.2, 0.25) is 0 Å². The average molecular weight is 740 g/mol. The maximum atomic E-state index is 14.4. The molecule has 0 spiro atoms. The highest BCUT2D eigenvalue weighted by Gasteiger charge is 2.41. The molecule has 10 nitrogen and oxygen atoms in total. The number of nitrogens with zero attached hydrogens (tertiary/aromatic N) is 4. The number of hydrogen-bond donors (Lipinski definition) is 2. The Morgan fingerprint density at radius 3 is 2.76 bits per heavy atom. The van der Waals surface area contributed by atoms with E-state index in [9.17, 15) is 13.8 Å². The lowest BCUT2D eigenvalue weighted by Gasteiger charge is -2.44. The molecule has 2 aliphatic heterocycles. The molecule has 1 aliphatic carbocycles. The normalized spacial score (nSPS) is 29.1. The van der Waals surface area contributed by atoms with Gasteiger partial charge < -0.3 is 14.4 Å². The summed E-state index contributed by atoms with van der Waals surface area (Å²) in [5.41, 5.74) is 3.15. The average Bonchev–Trinajstić information content (AvgIpc) is 3.44. The van der Waals surface area contributed by atoms with Crippen LogP contribution in [0.15, 0.2) is 65.3 Å². The Morgan fingerprint density at radius 1 is 1.24 bits per heavy atom. The van der Waals surface area contributed by atoms with Crippen molar-refractivity contribution in [3.05, 3.63) is 88.2 Å². The van der Waals surface area contributed by atoms with Crippen LogP contribution < -0.4 is 14.4 Å². The molecule has 6 rings (SSSR count). The van der Waals surface area contributed by atoms with E-state index in [0.717, 1.165) is 42.6 Å². The van der Waals surface area contributed by atoms with Gasteiger partial charge in [-0.15, -0.1) is 4.36 Å². The maximum absolute atomic E-state index is 14.4. The predicted octanol–water partition coefficient (Wildman–Crippen LogP) is 6.29. The van der Waals surface area contributed by atoms with Gasteiger partial charge in [0.1, 0.15) is 15.7 Å². The van der Waals surface area contributed by atoms with Crippen LogP contribution in [0.4, 0.5) is 5.69 Å². The van der Waals surface area contributed by atoms with Gasteiger partial charge in [-0.25, -0.2) is 4.21 Å². The maximum Gasteiger partial charge on any atom is 0.286 e. The van der Waals surface area contributed by atoms with E-state index in [2.05, 4.69) is 56.9 Å². The predicted molar refractivity (Wildman–Crippen MR) is 201 cm³/mol. The Balaban J connectivity index is 1.43. The Bertz CT molecular complexity index is 1910. The molecule has 6 atom stereocenters. The molecule has 1 saturated carbocycles. The molecule has 2 amide bonds. The van der Waals surface area contributed by atoms with E-state index in [1.165, 1.54) is 17.1 Å². The van der Waals surface area contributed by atoms with Crippen molar-refractivity contribution in [2.24, 2.45) is 29.2 Å². The molecular formula is C37H46ClN5O5S2. The molecule has 1 aromatic heterocycles. The quantitative estimate of drug-likeness (QED) is 0.226. The summed E-state index contributed by atoms with van der Waals surface area (Å²) in [5.74, 6) is 0.592. The second kappa shape index (κ2) is 15.1. The highest BCUT2D eigenvalue weighted by Crippen LogP contribution is 2.44. The Labute approximate surface area is 305 Å². The fourth-order valence-electron chi connectivity index (χ4n) is 7.48. The Hall–Kier alpha value is -3.32. The van der Waals surface area contributed by atoms with Gasteiger partial charge in [-0.2, -0.15) is 17.7 Å². The molecule has 3 heterocycles. The minimum Gasteiger partial charge on any atom is -0.490 e. The standard InChI is InChI=1S/C37H46ClN5O5S2/c1-24-6-5-7-33(47-4)30-11-8-27(30)20-43-22-37(2,31-12-10-29(38)16-25(31)14-15-49)23-48-34-13-9-26(17-32(34)43)35(44)40-50(46,21-24)41-36(45)28-18-39-42(3)19-28/h5,7,9-10,12-13,16-19,24,27,30,33,49H,6,8,11,14-15,20-23H2,1-4H3,(H,40,41,44,45,46)/b7-5+/t24-,27-,30+,33-,37-,50?/m0/s1. The third-order valence-electron chi connectivity index (χ3n) is 10.2. The number of aromatic nitrogens is 2. The topological polar surface area (TPSA) is 115 Å². The minimum absolute atomic E-state index is 0.00692. The molecular weight excluding hydrogens is 694 g/mol. The SMILES string of the molecule is CO[C@H]1/C=C/C[C@H](C)CS(=O)(NC(=O)c2cnn(C)c2)=NC(=O)c2ccc3c(c2)N(C[C@@H]2CC[C@H]21)C[C@](C)(c1ccc(Cl)cc1CCS)CO3. The molecule has 2 aromatic carbocycles. The molecule has 2 bridgehead atoms. The zero-order chi connectivity index (χ0) is 35.6. The molecule has 1 unspecified atom stereocenters. The second-order valence-corrected chi connectivity index (χ2v) is 17.1. The van der Waals surface area contributed by atoms with Crippen molar-refractivity contribution in [2.75, 3.05) is 43.2 Å². The fourth-order valence-corrected chi connectivity index (χ4v) is 9.80. The smallest absolute Gasteiger partial charge is 0.286 e. The van der Waals surface area contributed by atoms with Gasteiger partial charge in [0.25, 0.3) is 11.8 Å². The van der Waals surface area contributed by atoms with E-state index in [-0.39, 0.29) is 28.9 Å². The van der Waals surface area contributed by atoms with Crippen LogP contribution in [-0.4, -0.2) is 70.2 Å². The Morgan fingerprint density at radius 2 is 2.06 bits per heavy atom. The van der Waals surface area contributed by atoms with Gasteiger partial charge in [-0.05, 0) is 90.6 Å². The number of methoxy groups -OCH3 is 1. The summed E-state index contributed by atoms with van der Waals surface area (Å²) < 4.78 is 35.3. The molecule has 3 aromatic rings. The van der Waals surface area contributed by atoms with Crippen LogP contribution in [0.3, 0.4) is 0 Å². The lowest BCUT2D eigenvalue weighted by molar-refractivity contribution is 0.0132. The van der Waals surface area contributed by atoms with Crippen LogP contribution in [-0.2, 0) is 33.5 Å². The zero-order valence-corrected chi connectivity index (χ0v) is 31.5. The van der Waals surface area contributed by atoms with Gasteiger partial charge in [0, 0.05) is 49.4 Å². The van der Waals surface area contributed by atoms with Crippen LogP contribution in [0.1, 0.15) is 65.0 Å². The van der Waals surface area contributed by atoms with Crippen molar-refractivity contribution < 1.29 is 23.3 Å². The summed E-state index contributed by atoms with van der Waals surface area (Å²) in [6.45, 7) is 5.93. The lowest BCUT2D eigenvalue weighted by Crippen LogP contribution is -2.47. The summed E-state index contributed by atoms with van der Waals surface area (Å²) in [4.78, 5) is 29.4. The van der Waals surface area contributed by atoms with E-state index < -0.39 is 27.1 Å². The number of aryl methyl sites for hydroxylation is 2. The monoisotopic (exact) mass is 739 g/mol. The Kier molecular flexibility index (Phi) is 11.0. The van der Waals surface area contributed by atoms with Crippen molar-refractivity contribution in [2.45, 2.75) is 51.0 Å². The first-order chi connectivity index (χ1) is 23.9. The fraction of sp³-hybridized carbons (Fsp3) is 0.486. The van der Waals surface area contributed by atoms with Crippen LogP contribution in [0, 0.1) is 17.8 Å². The second-order valence-electron chi connectivity index (χ2n) is 14.2. The summed E-state index contributed by atoms with van der Waals surface area (Å²) in [6.07, 6.45) is 10.5. The number of nitrogens with one attached hydrogen (secondary N) is 1. The summed E-state index contributed by atoms with van der Waals surface area (Å²) in [5, 5.41) is 4.74. The number of amides is 2. The number of thiol groups is 1. The largest absolute Gasteiger partial charge is 0.490 e. The van der Waals surface area contributed by atoms with E-state index in [1.807, 2.05) is 19.1 Å². The van der Waals surface area contributed by atoms with E-state index in [4.69, 9.17) is 21.1 Å². The molecule has 3 aliphatic rings. The minimum atomic E-state index is -3.53. The zero-order valence-electron chi connectivity index (χ0n) is 29.0. The molecule has 50 heavy (non-hydrogen) atoms. The number of fused-ring (bicyclic) bond motifs is 2. The van der Waals surface area contributed by atoms with Crippen molar-refractivity contribution >= 4 is 51.6 Å². The third kappa shape index (κ3) is 7.93. The van der Waals surface area contributed by atoms with Gasteiger partial charge in [-0.3, -0.25) is 19.0 Å². The first kappa shape index (κ1) is 36.5. The van der Waals surface area contributed by atoms with Gasteiger partial charge >= 0.3 is 0 Å². The molecule has 268 valence electrons. The number of carbonyl (C=O) groups is 2. The van der Waals surface area contributed by atoms with E-state index >= 15 is 0 Å². The van der Waals surface area contributed by atoms with Gasteiger partial charge in [0.15, 0.2) is 0 Å². The molecule has 0 saturated heterocycles. The number of benzene rings is 2. The van der Waals surface area contributed by atoms with Crippen molar-refractivity contribution in [3.63, 3.8) is 0 Å². The summed E-state index contributed by atoms with van der Waals surface area (Å²) in [6, 6.07) is 11.3. The summed E-state index contributed by atoms with van der Waals surface area (Å²) >= 11 is 11.0. The van der Waals surface area contributed by atoms with Gasteiger partial charge in [-0.1, -0.05) is 43.7 Å². The van der Waals surface area contributed by atoms with Gasteiger partial charge in [0.05, 0.1) is 35.9 Å². The van der Waals surface area contributed by atoms with Crippen molar-refractivity contribution in [1.29, 1.82) is 0 Å². The van der Waals surface area contributed by atoms with Crippen LogP contribution in [0.25, 0.3) is 0 Å². The highest BCUT2D eigenvalue weighted by molar-refractivity contribution is 7.92. The van der Waals surface area contributed by atoms with E-state index in [0.29, 0.717) is 47.9 Å². The third-order valence-corrected chi connectivity index (χ3v) is 12.6. The number of rotatable bonds is 6.